The van der Waals surface area contributed by atoms with E-state index in [0.29, 0.717) is 18.8 Å². The van der Waals surface area contributed by atoms with Gasteiger partial charge in [-0.15, -0.1) is 0 Å². The van der Waals surface area contributed by atoms with Crippen molar-refractivity contribution < 1.29 is 14.4 Å². The van der Waals surface area contributed by atoms with E-state index in [4.69, 9.17) is 4.79 Å². The SMILES string of the molecule is C=O.CC(C)c1ccc(CC=O)cc1.CCCC.CNc1ccc(C)c(CCC(C)=O)c1. The number of rotatable bonds is 8. The molecule has 0 unspecified atom stereocenters. The molecule has 0 radical (unpaired) electrons. The van der Waals surface area contributed by atoms with Crippen LogP contribution in [0.5, 0.6) is 0 Å². The summed E-state index contributed by atoms with van der Waals surface area (Å²) >= 11 is 0. The number of nitrogens with one attached hydrogen (secondary N) is 1. The highest BCUT2D eigenvalue weighted by Crippen LogP contribution is 2.16. The van der Waals surface area contributed by atoms with Gasteiger partial charge in [-0.05, 0) is 60.6 Å². The number of Topliss-reactive ketones (excluding diaryl/α,β-unsaturated/α-hetero) is 1. The predicted octanol–water partition coefficient (Wildman–Crippen LogP) is 6.73. The standard InChI is InChI=1S/C12H17NO.C11H14O.C4H10.CH2O/c1-9-4-7-12(13-3)8-11(9)6-5-10(2)14;1-9(2)11-5-3-10(4-6-11)7-8-12;1-3-4-2;1-2/h4,7-8,13H,5-6H2,1-3H3;3-6,8-9H,7H2,1-2H3;3-4H2,1-2H3;1H2. The van der Waals surface area contributed by atoms with E-state index in [9.17, 15) is 9.59 Å². The molecule has 1 N–H and O–H groups in total. The van der Waals surface area contributed by atoms with E-state index in [1.807, 2.05) is 32.0 Å². The van der Waals surface area contributed by atoms with Crippen molar-refractivity contribution in [1.29, 1.82) is 0 Å². The first-order valence-corrected chi connectivity index (χ1v) is 11.4. The van der Waals surface area contributed by atoms with Gasteiger partial charge in [0.1, 0.15) is 18.9 Å². The van der Waals surface area contributed by atoms with E-state index in [0.717, 1.165) is 24.0 Å². The minimum atomic E-state index is 0.249. The van der Waals surface area contributed by atoms with Crippen LogP contribution in [0.4, 0.5) is 5.69 Å². The van der Waals surface area contributed by atoms with Crippen molar-refractivity contribution >= 4 is 24.5 Å². The average molecular weight is 442 g/mol. The Kier molecular flexibility index (Phi) is 19.8. The maximum absolute atomic E-state index is 10.9. The maximum Gasteiger partial charge on any atom is 0.130 e. The molecule has 0 saturated carbocycles. The molecule has 0 bridgehead atoms. The molecule has 0 spiro atoms. The largest absolute Gasteiger partial charge is 0.388 e. The Bertz CT molecular complexity index is 750. The topological polar surface area (TPSA) is 63.2 Å². The Morgan fingerprint density at radius 1 is 1.03 bits per heavy atom. The quantitative estimate of drug-likeness (QED) is 0.461. The highest BCUT2D eigenvalue weighted by Gasteiger charge is 2.01. The Morgan fingerprint density at radius 2 is 1.59 bits per heavy atom. The summed E-state index contributed by atoms with van der Waals surface area (Å²) in [5.41, 5.74) is 6.03. The van der Waals surface area contributed by atoms with E-state index >= 15 is 0 Å². The van der Waals surface area contributed by atoms with Crippen LogP contribution in [0.1, 0.15) is 82.1 Å². The number of unbranched alkanes of at least 4 members (excludes halogenated alkanes) is 1. The van der Waals surface area contributed by atoms with Crippen LogP contribution in [0.25, 0.3) is 0 Å². The van der Waals surface area contributed by atoms with Gasteiger partial charge in [0.05, 0.1) is 0 Å². The monoisotopic (exact) mass is 441 g/mol. The van der Waals surface area contributed by atoms with Crippen LogP contribution < -0.4 is 5.32 Å². The van der Waals surface area contributed by atoms with E-state index in [1.54, 1.807) is 6.92 Å². The van der Waals surface area contributed by atoms with Gasteiger partial charge in [0.2, 0.25) is 0 Å². The van der Waals surface area contributed by atoms with Crippen molar-refractivity contribution in [3.05, 3.63) is 64.7 Å². The smallest absolute Gasteiger partial charge is 0.130 e. The molecule has 32 heavy (non-hydrogen) atoms. The lowest BCUT2D eigenvalue weighted by Gasteiger charge is -2.07. The number of aldehydes is 1. The number of carbonyl (C=O) groups is 3. The fraction of sp³-hybridized carbons (Fsp3) is 0.464. The zero-order chi connectivity index (χ0) is 24.9. The number of carbonyl (C=O) groups excluding carboxylic acids is 3. The van der Waals surface area contributed by atoms with Gasteiger partial charge in [0.15, 0.2) is 0 Å². The summed E-state index contributed by atoms with van der Waals surface area (Å²) in [7, 11) is 1.90. The maximum atomic E-state index is 10.9. The Labute approximate surface area is 195 Å². The molecule has 0 atom stereocenters. The van der Waals surface area contributed by atoms with E-state index in [2.05, 4.69) is 64.2 Å². The van der Waals surface area contributed by atoms with Gasteiger partial charge in [-0.25, -0.2) is 0 Å². The molecule has 2 aromatic rings. The molecule has 0 aliphatic carbocycles. The second kappa shape index (κ2) is 20.2. The van der Waals surface area contributed by atoms with Gasteiger partial charge < -0.3 is 19.7 Å². The van der Waals surface area contributed by atoms with Crippen molar-refractivity contribution in [2.24, 2.45) is 0 Å². The highest BCUT2D eigenvalue weighted by atomic mass is 16.1. The molecule has 0 aliphatic rings. The first-order chi connectivity index (χ1) is 15.3. The van der Waals surface area contributed by atoms with Crippen molar-refractivity contribution in [3.8, 4) is 0 Å². The number of anilines is 1. The Balaban J connectivity index is 0. The van der Waals surface area contributed by atoms with E-state index in [1.165, 1.54) is 29.5 Å². The van der Waals surface area contributed by atoms with Crippen molar-refractivity contribution in [1.82, 2.24) is 0 Å². The Morgan fingerprint density at radius 3 is 2.00 bits per heavy atom. The number of hydrogen-bond acceptors (Lipinski definition) is 4. The molecule has 178 valence electrons. The van der Waals surface area contributed by atoms with Gasteiger partial charge in [-0.3, -0.25) is 0 Å². The van der Waals surface area contributed by atoms with E-state index < -0.39 is 0 Å². The van der Waals surface area contributed by atoms with Gasteiger partial charge in [-0.1, -0.05) is 70.9 Å². The van der Waals surface area contributed by atoms with Crippen LogP contribution in [0.15, 0.2) is 42.5 Å². The lowest BCUT2D eigenvalue weighted by atomic mass is 10.0. The van der Waals surface area contributed by atoms with Crippen LogP contribution in [0.3, 0.4) is 0 Å². The summed E-state index contributed by atoms with van der Waals surface area (Å²) in [6, 6.07) is 14.5. The van der Waals surface area contributed by atoms with Gasteiger partial charge in [-0.2, -0.15) is 0 Å². The summed E-state index contributed by atoms with van der Waals surface area (Å²) in [5, 5.41) is 3.10. The average Bonchev–Trinajstić information content (AvgIpc) is 2.81. The molecule has 0 fully saturated rings. The third-order valence-corrected chi connectivity index (χ3v) is 4.85. The van der Waals surface area contributed by atoms with Gasteiger partial charge >= 0.3 is 0 Å². The fourth-order valence-electron chi connectivity index (χ4n) is 2.54. The summed E-state index contributed by atoms with van der Waals surface area (Å²) in [5.74, 6) is 0.814. The summed E-state index contributed by atoms with van der Waals surface area (Å²) < 4.78 is 0. The van der Waals surface area contributed by atoms with Crippen molar-refractivity contribution in [3.63, 3.8) is 0 Å². The molecule has 0 amide bonds. The van der Waals surface area contributed by atoms with Crippen LogP contribution >= 0.6 is 0 Å². The van der Waals surface area contributed by atoms with Gasteiger partial charge in [0, 0.05) is 25.6 Å². The zero-order valence-corrected chi connectivity index (χ0v) is 21.2. The molecule has 2 rings (SSSR count). The fourth-order valence-corrected chi connectivity index (χ4v) is 2.54. The molecule has 0 heterocycles. The molecule has 0 aliphatic heterocycles. The summed E-state index contributed by atoms with van der Waals surface area (Å²) in [4.78, 5) is 29.1. The summed E-state index contributed by atoms with van der Waals surface area (Å²) in [6.45, 7) is 14.4. The third-order valence-electron chi connectivity index (χ3n) is 4.85. The second-order valence-corrected chi connectivity index (χ2v) is 7.86. The molecule has 2 aromatic carbocycles. The van der Waals surface area contributed by atoms with Crippen LogP contribution in [-0.2, 0) is 27.2 Å². The number of hydrogen-bond donors (Lipinski definition) is 1. The summed E-state index contributed by atoms with van der Waals surface area (Å²) in [6.07, 6.45) is 5.58. The normalized spacial score (nSPS) is 9.25. The molecule has 0 saturated heterocycles. The van der Waals surface area contributed by atoms with Crippen LogP contribution in [0, 0.1) is 6.92 Å². The zero-order valence-electron chi connectivity index (χ0n) is 21.2. The predicted molar refractivity (Wildman–Crippen MR) is 138 cm³/mol. The lowest BCUT2D eigenvalue weighted by molar-refractivity contribution is -0.117. The number of benzene rings is 2. The first-order valence-electron chi connectivity index (χ1n) is 11.4. The Hall–Kier alpha value is -2.75. The van der Waals surface area contributed by atoms with Crippen molar-refractivity contribution in [2.45, 2.75) is 79.6 Å². The second-order valence-electron chi connectivity index (χ2n) is 7.86. The van der Waals surface area contributed by atoms with E-state index in [-0.39, 0.29) is 5.78 Å². The molecule has 4 heteroatoms. The minimum absolute atomic E-state index is 0.249. The molecule has 4 nitrogen and oxygen atoms in total. The van der Waals surface area contributed by atoms with Gasteiger partial charge in [0.25, 0.3) is 0 Å². The van der Waals surface area contributed by atoms with Crippen LogP contribution in [0.2, 0.25) is 0 Å². The first kappa shape index (κ1) is 31.4. The molecular weight excluding hydrogens is 398 g/mol. The number of aryl methyl sites for hydroxylation is 2. The third kappa shape index (κ3) is 15.1. The van der Waals surface area contributed by atoms with Crippen LogP contribution in [-0.4, -0.2) is 25.9 Å². The number of ketones is 1. The molecular formula is C28H43NO3. The lowest BCUT2D eigenvalue weighted by Crippen LogP contribution is -1.97. The minimum Gasteiger partial charge on any atom is -0.388 e. The highest BCUT2D eigenvalue weighted by molar-refractivity contribution is 5.75. The van der Waals surface area contributed by atoms with Crippen molar-refractivity contribution in [2.75, 3.05) is 12.4 Å². The molecule has 0 aromatic heterocycles.